The highest BCUT2D eigenvalue weighted by molar-refractivity contribution is 5.83. The second-order valence-electron chi connectivity index (χ2n) is 5.46. The number of piperazine rings is 1. The lowest BCUT2D eigenvalue weighted by molar-refractivity contribution is -0.133. The zero-order chi connectivity index (χ0) is 11.8. The summed E-state index contributed by atoms with van der Waals surface area (Å²) in [7, 11) is 1.91. The monoisotopic (exact) mass is 238 g/mol. The van der Waals surface area contributed by atoms with Crippen LogP contribution in [0.15, 0.2) is 0 Å². The average molecular weight is 238 g/mol. The van der Waals surface area contributed by atoms with Crippen LogP contribution in [0, 0.1) is 0 Å². The molecule has 1 amide bonds. The van der Waals surface area contributed by atoms with E-state index in [1.54, 1.807) is 0 Å². The van der Waals surface area contributed by atoms with Gasteiger partial charge in [-0.25, -0.2) is 0 Å². The van der Waals surface area contributed by atoms with Crippen molar-refractivity contribution in [3.63, 3.8) is 0 Å². The van der Waals surface area contributed by atoms with Gasteiger partial charge in [0.25, 0.3) is 0 Å². The number of hydrogen-bond acceptors (Lipinski definition) is 4. The van der Waals surface area contributed by atoms with E-state index in [0.29, 0.717) is 11.9 Å². The molecule has 0 aromatic heterocycles. The van der Waals surface area contributed by atoms with Crippen molar-refractivity contribution in [1.29, 1.82) is 0 Å². The van der Waals surface area contributed by atoms with Gasteiger partial charge in [-0.1, -0.05) is 0 Å². The Morgan fingerprint density at radius 1 is 1.12 bits per heavy atom. The smallest absolute Gasteiger partial charge is 0.239 e. The summed E-state index contributed by atoms with van der Waals surface area (Å²) in [6.07, 6.45) is 1.02. The van der Waals surface area contributed by atoms with Crippen LogP contribution >= 0.6 is 0 Å². The van der Waals surface area contributed by atoms with Crippen LogP contribution < -0.4 is 5.32 Å². The molecule has 3 fully saturated rings. The van der Waals surface area contributed by atoms with E-state index in [1.807, 2.05) is 11.9 Å². The first-order valence-electron chi connectivity index (χ1n) is 6.69. The maximum absolute atomic E-state index is 11.9. The lowest BCUT2D eigenvalue weighted by Crippen LogP contribution is -2.65. The Kier molecular flexibility index (Phi) is 3.06. The molecule has 1 N–H and O–H groups in total. The van der Waals surface area contributed by atoms with E-state index < -0.39 is 0 Å². The summed E-state index contributed by atoms with van der Waals surface area (Å²) in [5.74, 6) is 0.323. The minimum absolute atomic E-state index is 0.180. The summed E-state index contributed by atoms with van der Waals surface area (Å²) in [6.45, 7) is 7.66. The molecule has 0 aromatic rings. The van der Waals surface area contributed by atoms with Crippen LogP contribution in [0.1, 0.15) is 6.42 Å². The van der Waals surface area contributed by atoms with Crippen molar-refractivity contribution < 1.29 is 4.79 Å². The van der Waals surface area contributed by atoms with Crippen molar-refractivity contribution in [3.8, 4) is 0 Å². The molecule has 1 atom stereocenters. The number of nitrogens with one attached hydrogen (secondary N) is 1. The molecule has 0 aromatic carbocycles. The summed E-state index contributed by atoms with van der Waals surface area (Å²) in [4.78, 5) is 18.7. The molecule has 3 saturated heterocycles. The molecule has 3 aliphatic heterocycles. The van der Waals surface area contributed by atoms with Crippen molar-refractivity contribution in [2.24, 2.45) is 0 Å². The second kappa shape index (κ2) is 4.55. The SMILES string of the molecule is CN1CCC(N2CC(N3CCNCC3)C2)C1=O. The van der Waals surface area contributed by atoms with Crippen LogP contribution in [0.2, 0.25) is 0 Å². The molecule has 3 aliphatic rings. The highest BCUT2D eigenvalue weighted by atomic mass is 16.2. The van der Waals surface area contributed by atoms with Gasteiger partial charge in [0.05, 0.1) is 6.04 Å². The summed E-state index contributed by atoms with van der Waals surface area (Å²) < 4.78 is 0. The number of rotatable bonds is 2. The third-order valence-electron chi connectivity index (χ3n) is 4.40. The van der Waals surface area contributed by atoms with E-state index in [1.165, 1.54) is 0 Å². The van der Waals surface area contributed by atoms with Gasteiger partial charge in [0.2, 0.25) is 5.91 Å². The van der Waals surface area contributed by atoms with Gasteiger partial charge >= 0.3 is 0 Å². The van der Waals surface area contributed by atoms with Crippen LogP contribution in [-0.2, 0) is 4.79 Å². The number of carbonyl (C=O) groups excluding carboxylic acids is 1. The van der Waals surface area contributed by atoms with Crippen molar-refractivity contribution >= 4 is 5.91 Å². The quantitative estimate of drug-likeness (QED) is 0.656. The molecule has 17 heavy (non-hydrogen) atoms. The van der Waals surface area contributed by atoms with E-state index in [0.717, 1.165) is 52.2 Å². The van der Waals surface area contributed by atoms with Crippen molar-refractivity contribution in [1.82, 2.24) is 20.0 Å². The molecule has 5 heteroatoms. The first-order valence-corrected chi connectivity index (χ1v) is 6.69. The van der Waals surface area contributed by atoms with Gasteiger partial charge in [0.1, 0.15) is 0 Å². The summed E-state index contributed by atoms with van der Waals surface area (Å²) in [5.41, 5.74) is 0. The van der Waals surface area contributed by atoms with Crippen molar-refractivity contribution in [2.45, 2.75) is 18.5 Å². The zero-order valence-electron chi connectivity index (χ0n) is 10.6. The summed E-state index contributed by atoms with van der Waals surface area (Å²) in [6, 6.07) is 0.870. The molecular formula is C12H22N4O. The minimum atomic E-state index is 0.180. The maximum atomic E-state index is 11.9. The van der Waals surface area contributed by atoms with Gasteiger partial charge in [-0.2, -0.15) is 0 Å². The van der Waals surface area contributed by atoms with E-state index in [-0.39, 0.29) is 6.04 Å². The molecule has 1 unspecified atom stereocenters. The van der Waals surface area contributed by atoms with E-state index >= 15 is 0 Å². The third-order valence-corrected chi connectivity index (χ3v) is 4.40. The van der Waals surface area contributed by atoms with E-state index in [9.17, 15) is 4.79 Å². The first-order chi connectivity index (χ1) is 8.25. The normalized spacial score (nSPS) is 33.1. The zero-order valence-corrected chi connectivity index (χ0v) is 10.6. The molecule has 5 nitrogen and oxygen atoms in total. The highest BCUT2D eigenvalue weighted by Gasteiger charge is 2.42. The standard InChI is InChI=1S/C12H22N4O/c1-14-5-2-11(12(14)17)16-8-10(9-16)15-6-3-13-4-7-15/h10-11,13H,2-9H2,1H3. The molecule has 3 heterocycles. The Labute approximate surface area is 103 Å². The van der Waals surface area contributed by atoms with Crippen LogP contribution in [0.3, 0.4) is 0 Å². The third kappa shape index (κ3) is 2.07. The number of likely N-dealkylation sites (N-methyl/N-ethyl adjacent to an activating group) is 1. The molecule has 96 valence electrons. The minimum Gasteiger partial charge on any atom is -0.344 e. The molecule has 3 rings (SSSR count). The molecule has 0 radical (unpaired) electrons. The first kappa shape index (κ1) is 11.4. The predicted octanol–water partition coefficient (Wildman–Crippen LogP) is -1.19. The Hall–Kier alpha value is -0.650. The van der Waals surface area contributed by atoms with Crippen LogP contribution in [0.5, 0.6) is 0 Å². The van der Waals surface area contributed by atoms with Crippen molar-refractivity contribution in [2.75, 3.05) is 52.9 Å². The van der Waals surface area contributed by atoms with Gasteiger partial charge in [0.15, 0.2) is 0 Å². The van der Waals surface area contributed by atoms with Gasteiger partial charge < -0.3 is 10.2 Å². The highest BCUT2D eigenvalue weighted by Crippen LogP contribution is 2.24. The second-order valence-corrected chi connectivity index (χ2v) is 5.46. The Bertz CT molecular complexity index is 297. The van der Waals surface area contributed by atoms with Gasteiger partial charge in [-0.3, -0.25) is 14.6 Å². The fourth-order valence-electron chi connectivity index (χ4n) is 3.16. The van der Waals surface area contributed by atoms with Gasteiger partial charge in [-0.15, -0.1) is 0 Å². The predicted molar refractivity (Wildman–Crippen MR) is 65.8 cm³/mol. The number of likely N-dealkylation sites (tertiary alicyclic amines) is 2. The van der Waals surface area contributed by atoms with Crippen molar-refractivity contribution in [3.05, 3.63) is 0 Å². The number of carbonyl (C=O) groups is 1. The Morgan fingerprint density at radius 3 is 2.41 bits per heavy atom. The van der Waals surface area contributed by atoms with E-state index in [4.69, 9.17) is 0 Å². The van der Waals surface area contributed by atoms with E-state index in [2.05, 4.69) is 15.1 Å². The fourth-order valence-corrected chi connectivity index (χ4v) is 3.16. The van der Waals surface area contributed by atoms with Gasteiger partial charge in [-0.05, 0) is 6.42 Å². The lowest BCUT2D eigenvalue weighted by Gasteiger charge is -2.48. The lowest BCUT2D eigenvalue weighted by atomic mass is 10.0. The molecule has 0 aliphatic carbocycles. The summed E-state index contributed by atoms with van der Waals surface area (Å²) in [5, 5.41) is 3.38. The largest absolute Gasteiger partial charge is 0.344 e. The molecule has 0 spiro atoms. The van der Waals surface area contributed by atoms with Gasteiger partial charge in [0, 0.05) is 58.9 Å². The molecular weight excluding hydrogens is 216 g/mol. The Balaban J connectivity index is 1.49. The average Bonchev–Trinajstić information content (AvgIpc) is 2.61. The van der Waals surface area contributed by atoms with Crippen LogP contribution in [-0.4, -0.2) is 85.6 Å². The molecule has 0 saturated carbocycles. The number of hydrogen-bond donors (Lipinski definition) is 1. The van der Waals surface area contributed by atoms with Crippen LogP contribution in [0.4, 0.5) is 0 Å². The molecule has 0 bridgehead atoms. The number of amides is 1. The number of nitrogens with zero attached hydrogens (tertiary/aromatic N) is 3. The maximum Gasteiger partial charge on any atom is 0.239 e. The topological polar surface area (TPSA) is 38.8 Å². The van der Waals surface area contributed by atoms with Crippen LogP contribution in [0.25, 0.3) is 0 Å². The fraction of sp³-hybridized carbons (Fsp3) is 0.917. The Morgan fingerprint density at radius 2 is 1.82 bits per heavy atom. The summed E-state index contributed by atoms with van der Waals surface area (Å²) >= 11 is 0.